The van der Waals surface area contributed by atoms with Gasteiger partial charge in [0.25, 0.3) is 5.91 Å². The number of carbonyl (C=O) groups excluding carboxylic acids is 2. The molecular formula is C34H39Cl2F2N3O6. The number of likely N-dealkylation sites (tertiary alicyclic amines) is 1. The smallest absolute Gasteiger partial charge is 0.387 e. The molecule has 3 aromatic rings. The number of aromatic nitrogens is 1. The summed E-state index contributed by atoms with van der Waals surface area (Å²) in [7, 11) is 3.44. The molecule has 2 fully saturated rings. The lowest BCUT2D eigenvalue weighted by atomic mass is 10.0. The van der Waals surface area contributed by atoms with Crippen LogP contribution < -0.4 is 14.5 Å². The lowest BCUT2D eigenvalue weighted by Crippen LogP contribution is -2.32. The number of benzene rings is 2. The SMILES string of the molecule is CN(C)C(=O)c1cccc(CN2CCC[C@H]2CC(=O)O[C@@H](Cc2c(Cl)c[nH+]cc2Cl)c2ccc(OC(F)F)c(OCC3CC3)c2)c1.[OH-]. The second kappa shape index (κ2) is 16.5. The van der Waals surface area contributed by atoms with E-state index in [0.717, 1.165) is 37.8 Å². The van der Waals surface area contributed by atoms with Crippen molar-refractivity contribution >= 4 is 35.1 Å². The summed E-state index contributed by atoms with van der Waals surface area (Å²) in [4.78, 5) is 32.7. The third kappa shape index (κ3) is 9.99. The highest BCUT2D eigenvalue weighted by atomic mass is 35.5. The first-order valence-electron chi connectivity index (χ1n) is 15.4. The number of nitrogens with zero attached hydrogens (tertiary/aromatic N) is 2. The predicted molar refractivity (Wildman–Crippen MR) is 171 cm³/mol. The number of amides is 1. The van der Waals surface area contributed by atoms with E-state index in [1.165, 1.54) is 6.07 Å². The van der Waals surface area contributed by atoms with Crippen LogP contribution in [0.25, 0.3) is 0 Å². The van der Waals surface area contributed by atoms with Crippen LogP contribution in [0.4, 0.5) is 8.78 Å². The molecule has 9 nitrogen and oxygen atoms in total. The molecule has 1 aliphatic carbocycles. The summed E-state index contributed by atoms with van der Waals surface area (Å²) >= 11 is 12.9. The van der Waals surface area contributed by atoms with Gasteiger partial charge in [-0.1, -0.05) is 41.4 Å². The van der Waals surface area contributed by atoms with Gasteiger partial charge in [0, 0.05) is 44.2 Å². The maximum Gasteiger partial charge on any atom is 0.387 e. The van der Waals surface area contributed by atoms with Gasteiger partial charge in [0.2, 0.25) is 0 Å². The van der Waals surface area contributed by atoms with Gasteiger partial charge in [-0.15, -0.1) is 0 Å². The van der Waals surface area contributed by atoms with Gasteiger partial charge in [-0.2, -0.15) is 8.78 Å². The van der Waals surface area contributed by atoms with Gasteiger partial charge >= 0.3 is 12.6 Å². The van der Waals surface area contributed by atoms with Crippen LogP contribution in [0.2, 0.25) is 10.0 Å². The Morgan fingerprint density at radius 2 is 1.79 bits per heavy atom. The minimum atomic E-state index is -3.02. The van der Waals surface area contributed by atoms with Crippen LogP contribution in [0, 0.1) is 5.92 Å². The normalized spacial score (nSPS) is 16.8. The molecule has 0 unspecified atom stereocenters. The fourth-order valence-electron chi connectivity index (χ4n) is 5.64. The van der Waals surface area contributed by atoms with Crippen molar-refractivity contribution < 1.29 is 43.0 Å². The fourth-order valence-corrected chi connectivity index (χ4v) is 6.17. The lowest BCUT2D eigenvalue weighted by molar-refractivity contribution is -0.377. The molecule has 2 atom stereocenters. The summed E-state index contributed by atoms with van der Waals surface area (Å²) in [5.74, 6) is -0.0448. The van der Waals surface area contributed by atoms with Crippen LogP contribution in [-0.2, 0) is 22.5 Å². The summed E-state index contributed by atoms with van der Waals surface area (Å²) in [6.45, 7) is -1.24. The van der Waals surface area contributed by atoms with Crippen molar-refractivity contribution in [3.63, 3.8) is 0 Å². The van der Waals surface area contributed by atoms with Gasteiger partial charge < -0.3 is 24.6 Å². The molecule has 2 N–H and O–H groups in total. The van der Waals surface area contributed by atoms with Crippen molar-refractivity contribution in [2.75, 3.05) is 27.2 Å². The molecule has 2 heterocycles. The van der Waals surface area contributed by atoms with Crippen molar-refractivity contribution in [2.45, 2.75) is 63.8 Å². The van der Waals surface area contributed by atoms with E-state index >= 15 is 0 Å². The highest BCUT2D eigenvalue weighted by molar-refractivity contribution is 6.35. The summed E-state index contributed by atoms with van der Waals surface area (Å²) in [6.07, 6.45) is 6.42. The van der Waals surface area contributed by atoms with Gasteiger partial charge in [-0.25, -0.2) is 4.98 Å². The van der Waals surface area contributed by atoms with Crippen LogP contribution in [-0.4, -0.2) is 67.1 Å². The summed E-state index contributed by atoms with van der Waals surface area (Å²) in [5, 5.41) is 0.738. The second-order valence-electron chi connectivity index (χ2n) is 12.0. The number of aromatic amines is 1. The number of halogens is 4. The largest absolute Gasteiger partial charge is 0.870 e. The van der Waals surface area contributed by atoms with Crippen molar-refractivity contribution in [1.29, 1.82) is 0 Å². The summed E-state index contributed by atoms with van der Waals surface area (Å²) in [5.41, 5.74) is 2.71. The van der Waals surface area contributed by atoms with E-state index < -0.39 is 18.7 Å². The Hall–Kier alpha value is -3.51. The first-order valence-corrected chi connectivity index (χ1v) is 16.1. The molecule has 1 aromatic heterocycles. The van der Waals surface area contributed by atoms with E-state index in [9.17, 15) is 18.4 Å². The Kier molecular flexibility index (Phi) is 12.8. The first-order chi connectivity index (χ1) is 22.1. The zero-order valence-electron chi connectivity index (χ0n) is 26.3. The third-order valence-corrected chi connectivity index (χ3v) is 8.93. The molecule has 1 aliphatic heterocycles. The molecule has 2 aromatic carbocycles. The second-order valence-corrected chi connectivity index (χ2v) is 12.8. The summed E-state index contributed by atoms with van der Waals surface area (Å²) < 4.78 is 43.0. The zero-order chi connectivity index (χ0) is 32.8. The average molecular weight is 695 g/mol. The Morgan fingerprint density at radius 3 is 2.47 bits per heavy atom. The molecule has 1 saturated heterocycles. The number of carbonyl (C=O) groups is 2. The maximum atomic E-state index is 13.6. The van der Waals surface area contributed by atoms with Crippen LogP contribution in [0.15, 0.2) is 54.9 Å². The summed E-state index contributed by atoms with van der Waals surface area (Å²) in [6, 6.07) is 12.0. The minimum Gasteiger partial charge on any atom is -0.870 e. The molecule has 1 saturated carbocycles. The van der Waals surface area contributed by atoms with Crippen LogP contribution in [0.1, 0.15) is 65.3 Å². The van der Waals surface area contributed by atoms with Crippen molar-refractivity contribution in [1.82, 2.24) is 9.80 Å². The van der Waals surface area contributed by atoms with E-state index in [2.05, 4.69) is 9.88 Å². The molecule has 13 heteroatoms. The molecule has 0 radical (unpaired) electrons. The molecule has 5 rings (SSSR count). The molecule has 47 heavy (non-hydrogen) atoms. The van der Waals surface area contributed by atoms with Crippen LogP contribution in [0.3, 0.4) is 0 Å². The highest BCUT2D eigenvalue weighted by Crippen LogP contribution is 2.38. The average Bonchev–Trinajstić information content (AvgIpc) is 3.76. The number of esters is 1. The van der Waals surface area contributed by atoms with E-state index in [-0.39, 0.29) is 41.8 Å². The number of nitrogens with one attached hydrogen (secondary N) is 1. The fraction of sp³-hybridized carbons (Fsp3) is 0.441. The predicted octanol–water partition coefficient (Wildman–Crippen LogP) is 6.60. The van der Waals surface area contributed by atoms with Gasteiger partial charge in [0.1, 0.15) is 16.1 Å². The number of pyridine rings is 1. The topological polar surface area (TPSA) is 112 Å². The number of alkyl halides is 2. The Labute approximate surface area is 283 Å². The molecular weight excluding hydrogens is 655 g/mol. The van der Waals surface area contributed by atoms with E-state index in [1.54, 1.807) is 49.6 Å². The standard InChI is InChI=1S/C34H37Cl2F2N3O5.H2O/c1-40(2)33(43)24-6-3-5-22(13-24)19-41-12-4-7-25(41)15-32(42)45-30(16-26-27(35)17-39-18-28(26)36)23-10-11-29(46-34(37)38)31(14-23)44-20-21-8-9-21;/h3,5-6,10-11,13-14,17-18,21,25,30,34H,4,7-9,12,15-16,19-20H2,1-2H3;1H2/t25-,30-;/m0./s1. The number of H-pyrrole nitrogens is 1. The van der Waals surface area contributed by atoms with Crippen molar-refractivity contribution in [2.24, 2.45) is 5.92 Å². The molecule has 254 valence electrons. The zero-order valence-corrected chi connectivity index (χ0v) is 27.8. The Bertz CT molecular complexity index is 1520. The van der Waals surface area contributed by atoms with Gasteiger partial charge in [-0.05, 0) is 73.5 Å². The number of ether oxygens (including phenoxy) is 3. The van der Waals surface area contributed by atoms with Gasteiger partial charge in [-0.3, -0.25) is 14.5 Å². The van der Waals surface area contributed by atoms with Crippen LogP contribution in [0.5, 0.6) is 11.5 Å². The lowest BCUT2D eigenvalue weighted by Gasteiger charge is -2.26. The van der Waals surface area contributed by atoms with Crippen LogP contribution >= 0.6 is 23.2 Å². The van der Waals surface area contributed by atoms with Crippen molar-refractivity contribution in [3.8, 4) is 11.5 Å². The molecule has 0 bridgehead atoms. The molecule has 1 amide bonds. The third-order valence-electron chi connectivity index (χ3n) is 8.25. The van der Waals surface area contributed by atoms with Crippen molar-refractivity contribution in [3.05, 3.63) is 87.2 Å². The Balaban J connectivity index is 0.00000500. The van der Waals surface area contributed by atoms with E-state index in [4.69, 9.17) is 37.4 Å². The number of hydrogen-bond donors (Lipinski definition) is 0. The van der Waals surface area contributed by atoms with Gasteiger partial charge in [0.15, 0.2) is 23.9 Å². The maximum absolute atomic E-state index is 13.6. The number of hydrogen-bond acceptors (Lipinski definition) is 7. The Morgan fingerprint density at radius 1 is 1.04 bits per heavy atom. The van der Waals surface area contributed by atoms with E-state index in [1.807, 2.05) is 18.2 Å². The highest BCUT2D eigenvalue weighted by Gasteiger charge is 2.30. The first kappa shape index (κ1) is 36.3. The molecule has 2 aliphatic rings. The quantitative estimate of drug-likeness (QED) is 0.175. The minimum absolute atomic E-state index is 0. The van der Waals surface area contributed by atoms with Gasteiger partial charge in [0.05, 0.1) is 13.0 Å². The number of rotatable bonds is 14. The van der Waals surface area contributed by atoms with E-state index in [0.29, 0.717) is 45.8 Å². The molecule has 0 spiro atoms. The monoisotopic (exact) mass is 693 g/mol.